The molecular weight excluding hydrogens is 340 g/mol. The summed E-state index contributed by atoms with van der Waals surface area (Å²) >= 11 is 0. The fraction of sp³-hybridized carbons (Fsp3) is 0.381. The maximum absolute atomic E-state index is 12.8. The maximum atomic E-state index is 12.8. The fourth-order valence-corrected chi connectivity index (χ4v) is 3.40. The van der Waals surface area contributed by atoms with E-state index in [0.29, 0.717) is 18.7 Å². The monoisotopic (exact) mass is 366 g/mol. The average Bonchev–Trinajstić information content (AvgIpc) is 2.97. The molecule has 1 aromatic carbocycles. The average molecular weight is 366 g/mol. The van der Waals surface area contributed by atoms with Crippen LogP contribution in [-0.2, 0) is 11.2 Å². The Morgan fingerprint density at radius 3 is 2.48 bits per heavy atom. The fourth-order valence-electron chi connectivity index (χ4n) is 3.40. The predicted octanol–water partition coefficient (Wildman–Crippen LogP) is 3.44. The lowest BCUT2D eigenvalue weighted by Gasteiger charge is -2.18. The second-order valence-electron chi connectivity index (χ2n) is 6.85. The van der Waals surface area contributed by atoms with Gasteiger partial charge in [-0.15, -0.1) is 0 Å². The minimum absolute atomic E-state index is 0.0626. The highest BCUT2D eigenvalue weighted by Crippen LogP contribution is 2.30. The van der Waals surface area contributed by atoms with Crippen molar-refractivity contribution in [2.45, 2.75) is 41.0 Å². The second-order valence-corrected chi connectivity index (χ2v) is 6.85. The van der Waals surface area contributed by atoms with Gasteiger partial charge in [0.05, 0.1) is 12.1 Å². The van der Waals surface area contributed by atoms with E-state index < -0.39 is 0 Å². The normalized spacial score (nSPS) is 11.1. The van der Waals surface area contributed by atoms with E-state index in [4.69, 9.17) is 5.10 Å². The molecule has 0 aliphatic carbocycles. The Balaban J connectivity index is 2.21. The molecule has 6 heteroatoms. The summed E-state index contributed by atoms with van der Waals surface area (Å²) < 4.78 is 1.80. The van der Waals surface area contributed by atoms with Gasteiger partial charge in [0.15, 0.2) is 5.65 Å². The third-order valence-corrected chi connectivity index (χ3v) is 4.90. The molecule has 0 bridgehead atoms. The van der Waals surface area contributed by atoms with Gasteiger partial charge >= 0.3 is 0 Å². The number of likely N-dealkylation sites (N-methyl/N-ethyl adjacent to an activating group) is 1. The molecule has 0 aliphatic heterocycles. The van der Waals surface area contributed by atoms with Crippen molar-refractivity contribution >= 4 is 11.6 Å². The number of carbonyl (C=O) groups is 1. The zero-order valence-corrected chi connectivity index (χ0v) is 16.6. The first kappa shape index (κ1) is 18.9. The minimum Gasteiger partial charge on any atom is -0.508 e. The first-order valence-corrected chi connectivity index (χ1v) is 9.29. The van der Waals surface area contributed by atoms with Gasteiger partial charge in [0.2, 0.25) is 5.91 Å². The van der Waals surface area contributed by atoms with Gasteiger partial charge in [-0.05, 0) is 64.4 Å². The third kappa shape index (κ3) is 3.52. The molecule has 142 valence electrons. The molecule has 0 radical (unpaired) electrons. The lowest BCUT2D eigenvalue weighted by atomic mass is 10.0. The lowest BCUT2D eigenvalue weighted by molar-refractivity contribution is -0.130. The SMILES string of the molecule is CCN(CC)C(=O)Cc1c(-c2ccc(O)c(C)c2)nn2c(C)cc(C)nc12. The largest absolute Gasteiger partial charge is 0.508 e. The number of carbonyl (C=O) groups excluding carboxylic acids is 1. The molecule has 0 fully saturated rings. The summed E-state index contributed by atoms with van der Waals surface area (Å²) in [5.41, 5.74) is 5.78. The van der Waals surface area contributed by atoms with E-state index in [2.05, 4.69) is 4.98 Å². The van der Waals surface area contributed by atoms with Crippen LogP contribution in [0.3, 0.4) is 0 Å². The first-order chi connectivity index (χ1) is 12.8. The van der Waals surface area contributed by atoms with Crippen molar-refractivity contribution in [3.05, 3.63) is 46.8 Å². The lowest BCUT2D eigenvalue weighted by Crippen LogP contribution is -2.31. The van der Waals surface area contributed by atoms with Crippen LogP contribution in [0.4, 0.5) is 0 Å². The zero-order valence-electron chi connectivity index (χ0n) is 16.6. The Kier molecular flexibility index (Phi) is 5.17. The van der Waals surface area contributed by atoms with Gasteiger partial charge < -0.3 is 10.0 Å². The van der Waals surface area contributed by atoms with Gasteiger partial charge in [-0.25, -0.2) is 9.50 Å². The molecule has 0 saturated carbocycles. The number of aromatic nitrogens is 3. The van der Waals surface area contributed by atoms with Crippen LogP contribution in [0.5, 0.6) is 5.75 Å². The van der Waals surface area contributed by atoms with Crippen molar-refractivity contribution in [1.82, 2.24) is 19.5 Å². The predicted molar refractivity (Wildman–Crippen MR) is 106 cm³/mol. The summed E-state index contributed by atoms with van der Waals surface area (Å²) in [6.45, 7) is 11.1. The number of hydrogen-bond acceptors (Lipinski definition) is 4. The van der Waals surface area contributed by atoms with Crippen LogP contribution < -0.4 is 0 Å². The molecule has 27 heavy (non-hydrogen) atoms. The van der Waals surface area contributed by atoms with Gasteiger partial charge in [-0.3, -0.25) is 4.79 Å². The second kappa shape index (κ2) is 7.39. The molecule has 0 unspecified atom stereocenters. The number of nitrogens with zero attached hydrogens (tertiary/aromatic N) is 4. The van der Waals surface area contributed by atoms with E-state index in [0.717, 1.165) is 33.8 Å². The van der Waals surface area contributed by atoms with E-state index in [1.165, 1.54) is 0 Å². The number of hydrogen-bond donors (Lipinski definition) is 1. The number of rotatable bonds is 5. The number of phenolic OH excluding ortho intramolecular Hbond substituents is 1. The molecule has 2 heterocycles. The summed E-state index contributed by atoms with van der Waals surface area (Å²) in [7, 11) is 0. The number of aromatic hydroxyl groups is 1. The molecule has 2 aromatic heterocycles. The number of benzene rings is 1. The van der Waals surface area contributed by atoms with Gasteiger partial charge in [-0.1, -0.05) is 0 Å². The summed E-state index contributed by atoms with van der Waals surface area (Å²) in [6, 6.07) is 7.36. The molecule has 0 aliphatic rings. The molecule has 0 atom stereocenters. The molecule has 3 rings (SSSR count). The first-order valence-electron chi connectivity index (χ1n) is 9.29. The van der Waals surface area contributed by atoms with E-state index in [1.807, 2.05) is 57.7 Å². The van der Waals surface area contributed by atoms with Gasteiger partial charge in [0, 0.05) is 35.6 Å². The van der Waals surface area contributed by atoms with Crippen LogP contribution in [0.1, 0.15) is 36.4 Å². The van der Waals surface area contributed by atoms with Crippen LogP contribution >= 0.6 is 0 Å². The van der Waals surface area contributed by atoms with Crippen molar-refractivity contribution in [2.24, 2.45) is 0 Å². The highest BCUT2D eigenvalue weighted by atomic mass is 16.3. The smallest absolute Gasteiger partial charge is 0.227 e. The molecule has 3 aromatic rings. The van der Waals surface area contributed by atoms with Crippen molar-refractivity contribution in [2.75, 3.05) is 13.1 Å². The van der Waals surface area contributed by atoms with Gasteiger partial charge in [-0.2, -0.15) is 5.10 Å². The molecule has 0 saturated heterocycles. The summed E-state index contributed by atoms with van der Waals surface area (Å²) in [6.07, 6.45) is 0.246. The highest BCUT2D eigenvalue weighted by Gasteiger charge is 2.22. The number of phenols is 1. The van der Waals surface area contributed by atoms with Crippen LogP contribution in [0.25, 0.3) is 16.9 Å². The summed E-state index contributed by atoms with van der Waals surface area (Å²) in [4.78, 5) is 19.3. The Morgan fingerprint density at radius 2 is 1.85 bits per heavy atom. The number of fused-ring (bicyclic) bond motifs is 1. The molecule has 6 nitrogen and oxygen atoms in total. The van der Waals surface area contributed by atoms with Gasteiger partial charge in [0.25, 0.3) is 0 Å². The quantitative estimate of drug-likeness (QED) is 0.751. The van der Waals surface area contributed by atoms with Crippen LogP contribution in [0, 0.1) is 20.8 Å². The van der Waals surface area contributed by atoms with Gasteiger partial charge in [0.1, 0.15) is 5.75 Å². The zero-order chi connectivity index (χ0) is 19.7. The van der Waals surface area contributed by atoms with E-state index in [1.54, 1.807) is 10.6 Å². The summed E-state index contributed by atoms with van der Waals surface area (Å²) in [5, 5.41) is 14.6. The number of amides is 1. The number of aryl methyl sites for hydroxylation is 3. The van der Waals surface area contributed by atoms with Crippen molar-refractivity contribution in [1.29, 1.82) is 0 Å². The Morgan fingerprint density at radius 1 is 1.15 bits per heavy atom. The minimum atomic E-state index is 0.0626. The molecular formula is C21H26N4O2. The molecule has 0 spiro atoms. The molecule has 1 amide bonds. The van der Waals surface area contributed by atoms with E-state index in [9.17, 15) is 9.90 Å². The molecule has 1 N–H and O–H groups in total. The Bertz CT molecular complexity index is 1000. The van der Waals surface area contributed by atoms with Crippen molar-refractivity contribution < 1.29 is 9.90 Å². The van der Waals surface area contributed by atoms with Crippen molar-refractivity contribution in [3.63, 3.8) is 0 Å². The summed E-state index contributed by atoms with van der Waals surface area (Å²) in [5.74, 6) is 0.307. The van der Waals surface area contributed by atoms with Crippen LogP contribution in [0.2, 0.25) is 0 Å². The van der Waals surface area contributed by atoms with Crippen LogP contribution in [-0.4, -0.2) is 43.6 Å². The highest BCUT2D eigenvalue weighted by molar-refractivity contribution is 5.85. The van der Waals surface area contributed by atoms with E-state index in [-0.39, 0.29) is 18.1 Å². The van der Waals surface area contributed by atoms with E-state index >= 15 is 0 Å². The Labute approximate surface area is 159 Å². The standard InChI is InChI=1S/C21H26N4O2/c1-6-24(7-2)19(27)12-17-20(16-8-9-18(26)13(3)10-16)23-25-15(5)11-14(4)22-21(17)25/h8-11,26H,6-7,12H2,1-5H3. The maximum Gasteiger partial charge on any atom is 0.227 e. The third-order valence-electron chi connectivity index (χ3n) is 4.90. The van der Waals surface area contributed by atoms with Crippen molar-refractivity contribution in [3.8, 4) is 17.0 Å². The topological polar surface area (TPSA) is 70.7 Å². The Hall–Kier alpha value is -2.89. The van der Waals surface area contributed by atoms with Crippen LogP contribution in [0.15, 0.2) is 24.3 Å².